The van der Waals surface area contributed by atoms with Crippen LogP contribution in [-0.2, 0) is 14.3 Å². The fraction of sp³-hybridized carbons (Fsp3) is 0.321. The van der Waals surface area contributed by atoms with Crippen LogP contribution in [0, 0.1) is 0 Å². The van der Waals surface area contributed by atoms with Gasteiger partial charge in [0.25, 0.3) is 0 Å². The zero-order chi connectivity index (χ0) is 30.5. The third-order valence-electron chi connectivity index (χ3n) is 7.01. The van der Waals surface area contributed by atoms with Gasteiger partial charge in [-0.3, -0.25) is 10.1 Å². The van der Waals surface area contributed by atoms with E-state index in [4.69, 9.17) is 16.3 Å². The molecule has 0 aliphatic heterocycles. The maximum atomic E-state index is 13.5. The third kappa shape index (κ3) is 6.60. The molecular weight excluding hydrogens is 584 g/mol. The van der Waals surface area contributed by atoms with E-state index in [9.17, 15) is 18.4 Å². The maximum absolute atomic E-state index is 13.5. The largest absolute Gasteiger partial charge is 0.382 e. The minimum atomic E-state index is -2.92. The standard InChI is InChI=1S/C28H28ClF2N9O3/c1-38(25(14-43-2)19-7-10-22(29)21(11-19)26-32-15-35-39(26)27(30)31)28(33-16-42)36-24(13-41)18-5-3-17(4-6-18)23-12-34-40(37-23)20-8-9-20/h3-7,10-13,15-16,20,24-25,27H,8-9,14H2,1-2H3,(H,33,36,42). The van der Waals surface area contributed by atoms with Gasteiger partial charge >= 0.3 is 6.55 Å². The number of hydrogen-bond donors (Lipinski definition) is 1. The molecule has 0 radical (unpaired) electrons. The average molecular weight is 612 g/mol. The summed E-state index contributed by atoms with van der Waals surface area (Å²) in [6, 6.07) is 10.9. The van der Waals surface area contributed by atoms with E-state index in [0.717, 1.165) is 30.4 Å². The van der Waals surface area contributed by atoms with Gasteiger partial charge in [0.1, 0.15) is 24.3 Å². The minimum absolute atomic E-state index is 0.0813. The normalized spacial score (nSPS) is 14.9. The molecule has 2 aromatic heterocycles. The van der Waals surface area contributed by atoms with Crippen molar-refractivity contribution in [2.75, 3.05) is 20.8 Å². The first kappa shape index (κ1) is 29.9. The molecule has 2 unspecified atom stereocenters. The lowest BCUT2D eigenvalue weighted by atomic mass is 10.0. The van der Waals surface area contributed by atoms with Gasteiger partial charge in [0.15, 0.2) is 5.82 Å². The van der Waals surface area contributed by atoms with Gasteiger partial charge in [0.2, 0.25) is 12.4 Å². The van der Waals surface area contributed by atoms with Crippen LogP contribution in [-0.4, -0.2) is 74.1 Å². The number of guanidine groups is 1. The third-order valence-corrected chi connectivity index (χ3v) is 7.34. The van der Waals surface area contributed by atoms with Crippen molar-refractivity contribution in [3.8, 4) is 22.6 Å². The Morgan fingerprint density at radius 2 is 1.93 bits per heavy atom. The predicted octanol–water partition coefficient (Wildman–Crippen LogP) is 4.25. The predicted molar refractivity (Wildman–Crippen MR) is 153 cm³/mol. The monoisotopic (exact) mass is 611 g/mol. The zero-order valence-electron chi connectivity index (χ0n) is 23.2. The molecule has 0 bridgehead atoms. The molecule has 15 heteroatoms. The topological polar surface area (TPSA) is 132 Å². The first-order valence-corrected chi connectivity index (χ1v) is 13.7. The summed E-state index contributed by atoms with van der Waals surface area (Å²) in [7, 11) is 3.15. The number of rotatable bonds is 12. The fourth-order valence-corrected chi connectivity index (χ4v) is 4.79. The first-order valence-electron chi connectivity index (χ1n) is 13.3. The number of benzene rings is 2. The molecule has 12 nitrogen and oxygen atoms in total. The number of ether oxygens (including phenoxy) is 1. The van der Waals surface area contributed by atoms with Crippen LogP contribution < -0.4 is 5.32 Å². The summed E-state index contributed by atoms with van der Waals surface area (Å²) in [5, 5.41) is 15.2. The molecular formula is C28H28ClF2N9O3. The molecule has 0 spiro atoms. The summed E-state index contributed by atoms with van der Waals surface area (Å²) in [5.41, 5.74) is 2.99. The Hall–Kier alpha value is -4.56. The molecule has 2 aromatic carbocycles. The summed E-state index contributed by atoms with van der Waals surface area (Å²) in [6.45, 7) is -2.81. The van der Waals surface area contributed by atoms with Crippen molar-refractivity contribution < 1.29 is 23.1 Å². The number of carbonyl (C=O) groups is 2. The number of alkyl halides is 2. The molecule has 5 rings (SSSR count). The van der Waals surface area contributed by atoms with E-state index in [1.165, 1.54) is 7.11 Å². The fourth-order valence-electron chi connectivity index (χ4n) is 4.58. The van der Waals surface area contributed by atoms with E-state index in [1.54, 1.807) is 53.3 Å². The Morgan fingerprint density at radius 1 is 1.19 bits per heavy atom. The van der Waals surface area contributed by atoms with E-state index in [2.05, 4.69) is 30.6 Å². The van der Waals surface area contributed by atoms with Gasteiger partial charge in [0.05, 0.1) is 29.9 Å². The van der Waals surface area contributed by atoms with Crippen molar-refractivity contribution in [3.63, 3.8) is 0 Å². The van der Waals surface area contributed by atoms with Gasteiger partial charge in [-0.1, -0.05) is 41.9 Å². The molecule has 224 valence electrons. The van der Waals surface area contributed by atoms with Gasteiger partial charge in [-0.15, -0.1) is 0 Å². The number of nitrogens with one attached hydrogen (secondary N) is 1. The summed E-state index contributed by atoms with van der Waals surface area (Å²) in [6.07, 6.45) is 5.99. The van der Waals surface area contributed by atoms with Crippen LogP contribution in [0.25, 0.3) is 22.6 Å². The molecule has 1 aliphatic rings. The van der Waals surface area contributed by atoms with Gasteiger partial charge in [-0.25, -0.2) is 9.98 Å². The highest BCUT2D eigenvalue weighted by Crippen LogP contribution is 2.34. The lowest BCUT2D eigenvalue weighted by molar-refractivity contribution is -0.109. The number of methoxy groups -OCH3 is 1. The van der Waals surface area contributed by atoms with Crippen LogP contribution in [0.2, 0.25) is 5.02 Å². The molecule has 43 heavy (non-hydrogen) atoms. The molecule has 1 saturated carbocycles. The van der Waals surface area contributed by atoms with Crippen molar-refractivity contribution in [3.05, 3.63) is 71.1 Å². The molecule has 1 N–H and O–H groups in total. The zero-order valence-corrected chi connectivity index (χ0v) is 24.0. The molecule has 1 aliphatic carbocycles. The van der Waals surface area contributed by atoms with E-state index in [0.29, 0.717) is 34.5 Å². The van der Waals surface area contributed by atoms with E-state index < -0.39 is 18.6 Å². The number of amides is 1. The lowest BCUT2D eigenvalue weighted by Gasteiger charge is -2.31. The van der Waals surface area contributed by atoms with Crippen LogP contribution in [0.1, 0.15) is 48.6 Å². The van der Waals surface area contributed by atoms with Crippen LogP contribution >= 0.6 is 11.6 Å². The summed E-state index contributed by atoms with van der Waals surface area (Å²) < 4.78 is 32.9. The Bertz CT molecular complexity index is 1600. The Labute approximate surface area is 250 Å². The van der Waals surface area contributed by atoms with Crippen LogP contribution in [0.15, 0.2) is 60.0 Å². The van der Waals surface area contributed by atoms with Gasteiger partial charge in [-0.2, -0.15) is 33.6 Å². The number of aromatic nitrogens is 6. The SMILES string of the molecule is COCC(c1ccc(Cl)c(-c2ncnn2C(F)F)c1)N(C)C(=NC(C=O)c1ccc(-c2cnn(C3CC3)n2)cc1)NC=O. The second kappa shape index (κ2) is 13.2. The minimum Gasteiger partial charge on any atom is -0.382 e. The highest BCUT2D eigenvalue weighted by Gasteiger charge is 2.27. The smallest absolute Gasteiger partial charge is 0.335 e. The number of nitrogens with zero attached hydrogens (tertiary/aromatic N) is 8. The number of aliphatic imine (C=N–C) groups is 1. The van der Waals surface area contributed by atoms with Crippen LogP contribution in [0.4, 0.5) is 8.78 Å². The Morgan fingerprint density at radius 3 is 2.58 bits per heavy atom. The molecule has 1 fully saturated rings. The van der Waals surface area contributed by atoms with E-state index in [1.807, 2.05) is 12.1 Å². The number of likely N-dealkylation sites (N-methyl/N-ethyl adjacent to an activating group) is 1. The number of hydrogen-bond acceptors (Lipinski definition) is 8. The summed E-state index contributed by atoms with van der Waals surface area (Å²) in [5.74, 6) is -0.0296. The van der Waals surface area contributed by atoms with Crippen molar-refractivity contribution >= 4 is 30.3 Å². The second-order valence-electron chi connectivity index (χ2n) is 9.83. The van der Waals surface area contributed by atoms with Crippen molar-refractivity contribution in [1.29, 1.82) is 0 Å². The lowest BCUT2D eigenvalue weighted by Crippen LogP contribution is -2.42. The van der Waals surface area contributed by atoms with Gasteiger partial charge < -0.3 is 14.4 Å². The summed E-state index contributed by atoms with van der Waals surface area (Å²) >= 11 is 6.36. The molecule has 2 atom stereocenters. The van der Waals surface area contributed by atoms with Crippen LogP contribution in [0.5, 0.6) is 0 Å². The number of aldehydes is 1. The van der Waals surface area contributed by atoms with E-state index in [-0.39, 0.29) is 29.0 Å². The van der Waals surface area contributed by atoms with Crippen molar-refractivity contribution in [2.24, 2.45) is 4.99 Å². The molecule has 4 aromatic rings. The number of carbonyl (C=O) groups excluding carboxylic acids is 2. The van der Waals surface area contributed by atoms with E-state index >= 15 is 0 Å². The molecule has 1 amide bonds. The second-order valence-corrected chi connectivity index (χ2v) is 10.2. The summed E-state index contributed by atoms with van der Waals surface area (Å²) in [4.78, 5) is 35.6. The van der Waals surface area contributed by atoms with Gasteiger partial charge in [-0.05, 0) is 36.1 Å². The quantitative estimate of drug-likeness (QED) is 0.143. The van der Waals surface area contributed by atoms with Crippen molar-refractivity contribution in [1.82, 2.24) is 40.0 Å². The molecule has 2 heterocycles. The first-order chi connectivity index (χ1) is 20.8. The van der Waals surface area contributed by atoms with Crippen molar-refractivity contribution in [2.45, 2.75) is 37.5 Å². The molecule has 0 saturated heterocycles. The Kier molecular flexibility index (Phi) is 9.16. The maximum Gasteiger partial charge on any atom is 0.335 e. The number of halogens is 3. The van der Waals surface area contributed by atoms with Gasteiger partial charge in [0, 0.05) is 25.3 Å². The highest BCUT2D eigenvalue weighted by atomic mass is 35.5. The Balaban J connectivity index is 1.43. The highest BCUT2D eigenvalue weighted by molar-refractivity contribution is 6.33. The van der Waals surface area contributed by atoms with Crippen LogP contribution in [0.3, 0.4) is 0 Å². The average Bonchev–Trinajstić information content (AvgIpc) is 3.53.